The van der Waals surface area contributed by atoms with Crippen LogP contribution in [-0.4, -0.2) is 48.2 Å². The minimum Gasteiger partial charge on any atom is -0.393 e. The van der Waals surface area contributed by atoms with Crippen LogP contribution in [0.25, 0.3) is 0 Å². The summed E-state index contributed by atoms with van der Waals surface area (Å²) in [7, 11) is -4.47. The molecule has 0 radical (unpaired) electrons. The lowest BCUT2D eigenvalue weighted by Crippen LogP contribution is -2.39. The summed E-state index contributed by atoms with van der Waals surface area (Å²) in [6.07, 6.45) is -4.95. The molecule has 124 valence electrons. The third kappa shape index (κ3) is 3.23. The van der Waals surface area contributed by atoms with Crippen LogP contribution in [0.4, 0.5) is 13.2 Å². The molecule has 0 spiro atoms. The first kappa shape index (κ1) is 17.5. The molecular formula is C12H13ClF3NO4S. The summed E-state index contributed by atoms with van der Waals surface area (Å²) in [5.74, 6) is 0. The Bertz CT molecular complexity index is 679. The molecular weight excluding hydrogens is 347 g/mol. The molecule has 1 saturated heterocycles. The first-order valence-electron chi connectivity index (χ1n) is 6.20. The lowest BCUT2D eigenvalue weighted by atomic mass is 10.1. The zero-order valence-corrected chi connectivity index (χ0v) is 12.7. The van der Waals surface area contributed by atoms with E-state index in [0.29, 0.717) is 6.07 Å². The van der Waals surface area contributed by atoms with Gasteiger partial charge in [-0.15, -0.1) is 0 Å². The van der Waals surface area contributed by atoms with Crippen LogP contribution < -0.4 is 0 Å². The van der Waals surface area contributed by atoms with Gasteiger partial charge < -0.3 is 10.2 Å². The van der Waals surface area contributed by atoms with Gasteiger partial charge in [0.25, 0.3) is 0 Å². The first-order chi connectivity index (χ1) is 9.99. The third-order valence-electron chi connectivity index (χ3n) is 3.46. The van der Waals surface area contributed by atoms with Crippen molar-refractivity contribution in [3.05, 3.63) is 28.8 Å². The predicted octanol–water partition coefficient (Wildman–Crippen LogP) is 1.48. The van der Waals surface area contributed by atoms with Crippen molar-refractivity contribution in [1.82, 2.24) is 4.31 Å². The minimum absolute atomic E-state index is 0.0579. The molecule has 0 bridgehead atoms. The summed E-state index contributed by atoms with van der Waals surface area (Å²) in [5, 5.41) is 18.6. The molecule has 1 fully saturated rings. The van der Waals surface area contributed by atoms with E-state index in [1.165, 1.54) is 0 Å². The zero-order valence-electron chi connectivity index (χ0n) is 11.1. The van der Waals surface area contributed by atoms with Crippen LogP contribution in [0.1, 0.15) is 12.0 Å². The van der Waals surface area contributed by atoms with Gasteiger partial charge in [0.2, 0.25) is 10.0 Å². The van der Waals surface area contributed by atoms with Crippen molar-refractivity contribution in [3.63, 3.8) is 0 Å². The van der Waals surface area contributed by atoms with E-state index >= 15 is 0 Å². The van der Waals surface area contributed by atoms with Gasteiger partial charge in [0.05, 0.1) is 17.1 Å². The van der Waals surface area contributed by atoms with Crippen molar-refractivity contribution in [2.24, 2.45) is 0 Å². The minimum atomic E-state index is -4.89. The second kappa shape index (κ2) is 5.64. The van der Waals surface area contributed by atoms with Gasteiger partial charge >= 0.3 is 6.18 Å². The summed E-state index contributed by atoms with van der Waals surface area (Å²) in [6.45, 7) is -1.32. The molecule has 0 aliphatic carbocycles. The largest absolute Gasteiger partial charge is 0.417 e. The molecule has 1 aliphatic rings. The number of rotatable bonds is 3. The maximum absolute atomic E-state index is 13.0. The number of alkyl halides is 3. The lowest BCUT2D eigenvalue weighted by Gasteiger charge is -2.22. The van der Waals surface area contributed by atoms with Crippen molar-refractivity contribution in [3.8, 4) is 0 Å². The summed E-state index contributed by atoms with van der Waals surface area (Å²) in [5.41, 5.74) is -3.00. The highest BCUT2D eigenvalue weighted by Gasteiger charge is 2.44. The number of benzene rings is 1. The maximum atomic E-state index is 13.0. The van der Waals surface area contributed by atoms with Crippen LogP contribution in [0.15, 0.2) is 23.1 Å². The Kier molecular flexibility index (Phi) is 4.48. The number of hydrogen-bond acceptors (Lipinski definition) is 4. The van der Waals surface area contributed by atoms with E-state index in [0.717, 1.165) is 16.4 Å². The van der Waals surface area contributed by atoms with E-state index in [-0.39, 0.29) is 18.0 Å². The number of sulfonamides is 1. The van der Waals surface area contributed by atoms with E-state index in [1.54, 1.807) is 0 Å². The van der Waals surface area contributed by atoms with E-state index in [9.17, 15) is 26.7 Å². The average Bonchev–Trinajstić information content (AvgIpc) is 2.81. The Morgan fingerprint density at radius 1 is 1.36 bits per heavy atom. The summed E-state index contributed by atoms with van der Waals surface area (Å²) < 4.78 is 64.6. The Balaban J connectivity index is 2.48. The molecule has 5 nitrogen and oxygen atoms in total. The Morgan fingerprint density at radius 3 is 2.50 bits per heavy atom. The molecule has 1 heterocycles. The summed E-state index contributed by atoms with van der Waals surface area (Å²) in [4.78, 5) is -0.924. The number of β-amino-alcohol motifs (C(OH)–C–C–N with tert-alkyl or cyclic N) is 1. The molecule has 0 saturated carbocycles. The molecule has 10 heteroatoms. The standard InChI is InChI=1S/C12H13ClF3NO4S/c13-8-1-2-10(9(5-8)12(14,15)16)22(20,21)17-4-3-11(19,6-17)7-18/h1-2,5,18-19H,3-4,6-7H2/t11-/m1/s1. The van der Waals surface area contributed by atoms with Crippen molar-refractivity contribution in [2.75, 3.05) is 19.7 Å². The number of halogens is 4. The highest BCUT2D eigenvalue weighted by molar-refractivity contribution is 7.89. The third-order valence-corrected chi connectivity index (χ3v) is 5.59. The monoisotopic (exact) mass is 359 g/mol. The predicted molar refractivity (Wildman–Crippen MR) is 71.9 cm³/mol. The van der Waals surface area contributed by atoms with Gasteiger partial charge in [-0.25, -0.2) is 8.42 Å². The van der Waals surface area contributed by atoms with Gasteiger partial charge in [-0.3, -0.25) is 0 Å². The SMILES string of the molecule is O=S(=O)(c1ccc(Cl)cc1C(F)(F)F)N1CC[C@](O)(CO)C1. The highest BCUT2D eigenvalue weighted by atomic mass is 35.5. The molecule has 2 rings (SSSR count). The molecule has 1 aliphatic heterocycles. The fourth-order valence-corrected chi connectivity index (χ4v) is 4.13. The molecule has 1 aromatic carbocycles. The van der Waals surface area contributed by atoms with Crippen LogP contribution in [0, 0.1) is 0 Å². The number of hydrogen-bond donors (Lipinski definition) is 2. The summed E-state index contributed by atoms with van der Waals surface area (Å²) >= 11 is 5.52. The van der Waals surface area contributed by atoms with Crippen LogP contribution in [-0.2, 0) is 16.2 Å². The van der Waals surface area contributed by atoms with Gasteiger partial charge in [0.1, 0.15) is 5.60 Å². The van der Waals surface area contributed by atoms with Crippen LogP contribution in [0.3, 0.4) is 0 Å². The zero-order chi connectivity index (χ0) is 16.8. The van der Waals surface area contributed by atoms with E-state index in [4.69, 9.17) is 16.7 Å². The Hall–Kier alpha value is -0.870. The van der Waals surface area contributed by atoms with Crippen LogP contribution in [0.2, 0.25) is 5.02 Å². The summed E-state index contributed by atoms with van der Waals surface area (Å²) in [6, 6.07) is 2.39. The van der Waals surface area contributed by atoms with Crippen molar-refractivity contribution < 1.29 is 31.8 Å². The smallest absolute Gasteiger partial charge is 0.393 e. The lowest BCUT2D eigenvalue weighted by molar-refractivity contribution is -0.139. The van der Waals surface area contributed by atoms with Crippen molar-refractivity contribution in [2.45, 2.75) is 23.1 Å². The van der Waals surface area contributed by atoms with Gasteiger partial charge in [-0.1, -0.05) is 11.6 Å². The fraction of sp³-hybridized carbons (Fsp3) is 0.500. The van der Waals surface area contributed by atoms with Crippen molar-refractivity contribution >= 4 is 21.6 Å². The van der Waals surface area contributed by atoms with Gasteiger partial charge in [0, 0.05) is 18.1 Å². The van der Waals surface area contributed by atoms with E-state index in [2.05, 4.69) is 0 Å². The first-order valence-corrected chi connectivity index (χ1v) is 8.01. The quantitative estimate of drug-likeness (QED) is 0.857. The highest BCUT2D eigenvalue weighted by Crippen LogP contribution is 2.38. The molecule has 0 aromatic heterocycles. The van der Waals surface area contributed by atoms with E-state index < -0.39 is 45.4 Å². The van der Waals surface area contributed by atoms with Gasteiger partial charge in [0.15, 0.2) is 0 Å². The average molecular weight is 360 g/mol. The second-order valence-corrected chi connectivity index (χ2v) is 7.45. The fourth-order valence-electron chi connectivity index (χ4n) is 2.24. The molecule has 1 atom stereocenters. The van der Waals surface area contributed by atoms with Crippen LogP contribution in [0.5, 0.6) is 0 Å². The Labute approximate surface area is 130 Å². The maximum Gasteiger partial charge on any atom is 0.417 e. The molecule has 0 amide bonds. The van der Waals surface area contributed by atoms with Crippen molar-refractivity contribution in [1.29, 1.82) is 0 Å². The number of aliphatic hydroxyl groups excluding tert-OH is 1. The Morgan fingerprint density at radius 2 is 2.00 bits per heavy atom. The molecule has 2 N–H and O–H groups in total. The second-order valence-electron chi connectivity index (χ2n) is 5.11. The number of nitrogens with zero attached hydrogens (tertiary/aromatic N) is 1. The topological polar surface area (TPSA) is 77.8 Å². The molecule has 0 unspecified atom stereocenters. The van der Waals surface area contributed by atoms with Gasteiger partial charge in [-0.2, -0.15) is 17.5 Å². The molecule has 22 heavy (non-hydrogen) atoms. The van der Waals surface area contributed by atoms with E-state index in [1.807, 2.05) is 0 Å². The normalized spacial score (nSPS) is 23.9. The number of aliphatic hydroxyl groups is 2. The molecule has 1 aromatic rings. The van der Waals surface area contributed by atoms with Crippen LogP contribution >= 0.6 is 11.6 Å². The van der Waals surface area contributed by atoms with Gasteiger partial charge in [-0.05, 0) is 24.6 Å².